The molecule has 1 heterocycles. The maximum atomic E-state index is 11.6. The zero-order valence-electron chi connectivity index (χ0n) is 10.2. The van der Waals surface area contributed by atoms with Crippen LogP contribution in [0.3, 0.4) is 0 Å². The molecule has 3 heteroatoms. The van der Waals surface area contributed by atoms with Gasteiger partial charge in [-0.2, -0.15) is 0 Å². The van der Waals surface area contributed by atoms with Gasteiger partial charge in [-0.1, -0.05) is 12.2 Å². The highest BCUT2D eigenvalue weighted by Gasteiger charge is 2.30. The fraction of sp³-hybridized carbons (Fsp3) is 0.500. The molecule has 1 N–H and O–H groups in total. The smallest absolute Gasteiger partial charge is 0.310 e. The van der Waals surface area contributed by atoms with Gasteiger partial charge >= 0.3 is 5.97 Å². The summed E-state index contributed by atoms with van der Waals surface area (Å²) >= 11 is 0. The molecule has 3 nitrogen and oxygen atoms in total. The molecule has 2 rings (SSSR count). The van der Waals surface area contributed by atoms with Crippen molar-refractivity contribution in [2.24, 2.45) is 11.8 Å². The van der Waals surface area contributed by atoms with Crippen molar-refractivity contribution in [2.45, 2.75) is 19.8 Å². The first-order chi connectivity index (χ1) is 8.26. The largest absolute Gasteiger partial charge is 0.469 e. The van der Waals surface area contributed by atoms with Gasteiger partial charge in [0.1, 0.15) is 0 Å². The Kier molecular flexibility index (Phi) is 3.53. The molecule has 0 unspecified atom stereocenters. The lowest BCUT2D eigenvalue weighted by Gasteiger charge is -2.28. The molecule has 1 atom stereocenters. The summed E-state index contributed by atoms with van der Waals surface area (Å²) in [6, 6.07) is 0. The Balaban J connectivity index is 1.98. The van der Waals surface area contributed by atoms with Gasteiger partial charge in [-0.05, 0) is 12.5 Å². The summed E-state index contributed by atoms with van der Waals surface area (Å²) in [5.41, 5.74) is 2.62. The van der Waals surface area contributed by atoms with Crippen LogP contribution in [0, 0.1) is 23.7 Å². The standard InChI is InChI=1S/C14H17NO2/c1-3-4-5-11(14(16)17-2)8-13-12(9-15-13)10-6-7-10/h6-7,10-11,15H,5,8-9H2,1-2H3/t11-/m1/s1. The Bertz CT molecular complexity index is 431. The van der Waals surface area contributed by atoms with Crippen LogP contribution >= 0.6 is 0 Å². The van der Waals surface area contributed by atoms with E-state index in [4.69, 9.17) is 4.74 Å². The third-order valence-corrected chi connectivity index (χ3v) is 3.18. The molecule has 2 aliphatic rings. The van der Waals surface area contributed by atoms with Crippen LogP contribution in [-0.4, -0.2) is 19.6 Å². The minimum atomic E-state index is -0.169. The van der Waals surface area contributed by atoms with Crippen LogP contribution in [0.4, 0.5) is 0 Å². The fourth-order valence-corrected chi connectivity index (χ4v) is 2.00. The molecule has 1 aliphatic carbocycles. The zero-order valence-corrected chi connectivity index (χ0v) is 10.2. The van der Waals surface area contributed by atoms with Gasteiger partial charge in [0.25, 0.3) is 0 Å². The van der Waals surface area contributed by atoms with Gasteiger partial charge in [0.05, 0.1) is 13.0 Å². The van der Waals surface area contributed by atoms with Crippen LogP contribution < -0.4 is 5.32 Å². The lowest BCUT2D eigenvalue weighted by molar-refractivity contribution is -0.145. The van der Waals surface area contributed by atoms with Crippen LogP contribution in [0.2, 0.25) is 0 Å². The maximum Gasteiger partial charge on any atom is 0.310 e. The second-order valence-electron chi connectivity index (χ2n) is 4.32. The van der Waals surface area contributed by atoms with Gasteiger partial charge < -0.3 is 10.1 Å². The van der Waals surface area contributed by atoms with Crippen LogP contribution in [0.25, 0.3) is 0 Å². The summed E-state index contributed by atoms with van der Waals surface area (Å²) in [4.78, 5) is 11.6. The number of nitrogens with one attached hydrogen (secondary N) is 1. The van der Waals surface area contributed by atoms with Gasteiger partial charge in [0.15, 0.2) is 0 Å². The number of esters is 1. The first-order valence-electron chi connectivity index (χ1n) is 5.87. The number of hydrogen-bond donors (Lipinski definition) is 1. The second-order valence-corrected chi connectivity index (χ2v) is 4.32. The lowest BCUT2D eigenvalue weighted by atomic mass is 9.91. The van der Waals surface area contributed by atoms with Crippen molar-refractivity contribution < 1.29 is 9.53 Å². The molecule has 0 saturated carbocycles. The molecule has 0 aromatic heterocycles. The van der Waals surface area contributed by atoms with Crippen LogP contribution in [-0.2, 0) is 9.53 Å². The van der Waals surface area contributed by atoms with Crippen LogP contribution in [0.1, 0.15) is 19.8 Å². The van der Waals surface area contributed by atoms with Gasteiger partial charge in [-0.25, -0.2) is 0 Å². The van der Waals surface area contributed by atoms with E-state index in [0.29, 0.717) is 12.3 Å². The number of carbonyl (C=O) groups excluding carboxylic acids is 1. The molecule has 0 aromatic rings. The average molecular weight is 231 g/mol. The van der Waals surface area contributed by atoms with Crippen molar-refractivity contribution in [1.29, 1.82) is 0 Å². The molecular weight excluding hydrogens is 214 g/mol. The molecule has 1 aliphatic heterocycles. The predicted octanol–water partition coefficient (Wildman–Crippen LogP) is 1.62. The summed E-state index contributed by atoms with van der Waals surface area (Å²) in [6.45, 7) is 2.73. The minimum absolute atomic E-state index is 0.149. The van der Waals surface area contributed by atoms with Crippen molar-refractivity contribution in [1.82, 2.24) is 5.32 Å². The minimum Gasteiger partial charge on any atom is -0.469 e. The Morgan fingerprint density at radius 3 is 2.88 bits per heavy atom. The van der Waals surface area contributed by atoms with Crippen molar-refractivity contribution in [3.8, 4) is 11.8 Å². The quantitative estimate of drug-likeness (QED) is 0.444. The SMILES string of the molecule is CC#CC[C@H](CC1=C(C2C=C2)CN1)C(=O)OC. The zero-order chi connectivity index (χ0) is 12.3. The molecule has 17 heavy (non-hydrogen) atoms. The highest BCUT2D eigenvalue weighted by molar-refractivity contribution is 5.73. The predicted molar refractivity (Wildman–Crippen MR) is 65.8 cm³/mol. The summed E-state index contributed by atoms with van der Waals surface area (Å²) in [7, 11) is 1.43. The number of ether oxygens (including phenoxy) is 1. The monoisotopic (exact) mass is 231 g/mol. The third kappa shape index (κ3) is 2.71. The molecule has 0 spiro atoms. The fourth-order valence-electron chi connectivity index (χ4n) is 2.00. The van der Waals surface area contributed by atoms with E-state index in [1.54, 1.807) is 6.92 Å². The summed E-state index contributed by atoms with van der Waals surface area (Å²) in [5, 5.41) is 3.29. The highest BCUT2D eigenvalue weighted by Crippen LogP contribution is 2.34. The number of hydrogen-bond acceptors (Lipinski definition) is 3. The van der Waals surface area contributed by atoms with Crippen molar-refractivity contribution in [2.75, 3.05) is 13.7 Å². The number of carbonyl (C=O) groups is 1. The molecule has 0 fully saturated rings. The number of rotatable bonds is 5. The summed E-state index contributed by atoms with van der Waals surface area (Å²) in [6.07, 6.45) is 5.64. The van der Waals surface area contributed by atoms with E-state index < -0.39 is 0 Å². The van der Waals surface area contributed by atoms with E-state index in [0.717, 1.165) is 13.0 Å². The Morgan fingerprint density at radius 2 is 2.41 bits per heavy atom. The van der Waals surface area contributed by atoms with Gasteiger partial charge in [-0.15, -0.1) is 11.8 Å². The number of allylic oxidation sites excluding steroid dienone is 3. The summed E-state index contributed by atoms with van der Waals surface area (Å²) < 4.78 is 4.82. The van der Waals surface area contributed by atoms with Crippen molar-refractivity contribution >= 4 is 5.97 Å². The highest BCUT2D eigenvalue weighted by atomic mass is 16.5. The van der Waals surface area contributed by atoms with Crippen molar-refractivity contribution in [3.05, 3.63) is 23.4 Å². The van der Waals surface area contributed by atoms with E-state index in [9.17, 15) is 4.79 Å². The van der Waals surface area contributed by atoms with Gasteiger partial charge in [0.2, 0.25) is 0 Å². The topological polar surface area (TPSA) is 38.3 Å². The average Bonchev–Trinajstić information content (AvgIpc) is 3.11. The van der Waals surface area contributed by atoms with Crippen LogP contribution in [0.15, 0.2) is 23.4 Å². The Morgan fingerprint density at radius 1 is 1.65 bits per heavy atom. The first-order valence-corrected chi connectivity index (χ1v) is 5.87. The number of methoxy groups -OCH3 is 1. The van der Waals surface area contributed by atoms with Crippen molar-refractivity contribution in [3.63, 3.8) is 0 Å². The van der Waals surface area contributed by atoms with E-state index in [1.165, 1.54) is 18.4 Å². The maximum absolute atomic E-state index is 11.6. The molecular formula is C14H17NO2. The van der Waals surface area contributed by atoms with Crippen LogP contribution in [0.5, 0.6) is 0 Å². The Labute approximate surface area is 102 Å². The molecule has 0 aromatic carbocycles. The van der Waals surface area contributed by atoms with E-state index in [-0.39, 0.29) is 11.9 Å². The first kappa shape index (κ1) is 11.8. The Hall–Kier alpha value is -1.69. The van der Waals surface area contributed by atoms with E-state index >= 15 is 0 Å². The molecule has 0 amide bonds. The van der Waals surface area contributed by atoms with E-state index in [2.05, 4.69) is 29.3 Å². The molecule has 0 bridgehead atoms. The van der Waals surface area contributed by atoms with Gasteiger partial charge in [-0.3, -0.25) is 4.79 Å². The third-order valence-electron chi connectivity index (χ3n) is 3.18. The lowest BCUT2D eigenvalue weighted by Crippen LogP contribution is -2.34. The molecule has 0 radical (unpaired) electrons. The molecule has 0 saturated heterocycles. The normalized spacial score (nSPS) is 18.7. The second kappa shape index (κ2) is 5.09. The summed E-state index contributed by atoms with van der Waals surface area (Å²) in [5.74, 6) is 6.01. The van der Waals surface area contributed by atoms with E-state index in [1.807, 2.05) is 0 Å². The van der Waals surface area contributed by atoms with Gasteiger partial charge in [0, 0.05) is 31.0 Å². The molecule has 90 valence electrons.